The zero-order valence-electron chi connectivity index (χ0n) is 22.4. The predicted octanol–water partition coefficient (Wildman–Crippen LogP) is 2.82. The number of nitrogens with zero attached hydrogens (tertiary/aromatic N) is 4. The Morgan fingerprint density at radius 3 is 2.67 bits per heavy atom. The first-order valence-electron chi connectivity index (χ1n) is 13.8. The molecule has 2 aliphatic rings. The van der Waals surface area contributed by atoms with Gasteiger partial charge in [0.25, 0.3) is 0 Å². The Hall–Kier alpha value is -3.25. The molecule has 6 N–H and O–H groups in total. The number of carbonyl (C=O) groups excluding carboxylic acids is 1. The Labute approximate surface area is 228 Å². The number of aliphatic hydroxyl groups is 2. The number of nitrogen functional groups attached to an aromatic ring is 1. The molecule has 39 heavy (non-hydrogen) atoms. The highest BCUT2D eigenvalue weighted by molar-refractivity contribution is 5.89. The molecule has 0 radical (unpaired) electrons. The van der Waals surface area contributed by atoms with E-state index < -0.39 is 24.5 Å². The van der Waals surface area contributed by atoms with Crippen LogP contribution in [0.1, 0.15) is 56.2 Å². The second-order valence-electron chi connectivity index (χ2n) is 10.7. The standard InChI is InChI=1S/C28H39N7O4/c1-34(15-5-13-31-28(38)33-20-10-8-19(9-11-20)18-6-3-2-4-7-18)16-22-24(36)25(37)27(39-22)35-17-32-23-21(29)12-14-30-26(23)35/h8-12,14,17-18,22,24-25,27,36-37H,2-7,13,15-16H2,1H3,(H2,29,30)(H2,31,33,38)/t22-,24-,25-,27-/m1/s1. The third-order valence-corrected chi connectivity index (χ3v) is 7.84. The van der Waals surface area contributed by atoms with Crippen molar-refractivity contribution in [3.63, 3.8) is 0 Å². The third kappa shape index (κ3) is 6.33. The number of likely N-dealkylation sites (N-methyl/N-ethyl adjacent to an activating group) is 1. The molecule has 3 heterocycles. The molecule has 1 saturated heterocycles. The molecule has 1 aliphatic heterocycles. The molecule has 1 aromatic carbocycles. The minimum absolute atomic E-state index is 0.231. The van der Waals surface area contributed by atoms with E-state index in [1.807, 2.05) is 24.1 Å². The first-order chi connectivity index (χ1) is 18.9. The number of fused-ring (bicyclic) bond motifs is 1. The van der Waals surface area contributed by atoms with E-state index in [1.54, 1.807) is 16.8 Å². The van der Waals surface area contributed by atoms with Crippen LogP contribution >= 0.6 is 0 Å². The van der Waals surface area contributed by atoms with E-state index in [1.165, 1.54) is 44.0 Å². The lowest BCUT2D eigenvalue weighted by molar-refractivity contribution is -0.0421. The van der Waals surface area contributed by atoms with Crippen LogP contribution in [0.25, 0.3) is 11.2 Å². The van der Waals surface area contributed by atoms with Crippen LogP contribution < -0.4 is 16.4 Å². The molecule has 2 amide bonds. The number of nitrogens with two attached hydrogens (primary N) is 1. The first kappa shape index (κ1) is 27.3. The van der Waals surface area contributed by atoms with Gasteiger partial charge in [0.05, 0.1) is 12.0 Å². The van der Waals surface area contributed by atoms with Crippen molar-refractivity contribution >= 4 is 28.6 Å². The smallest absolute Gasteiger partial charge is 0.319 e. The topological polar surface area (TPSA) is 151 Å². The summed E-state index contributed by atoms with van der Waals surface area (Å²) in [5, 5.41) is 27.1. The maximum Gasteiger partial charge on any atom is 0.319 e. The van der Waals surface area contributed by atoms with Gasteiger partial charge in [-0.1, -0.05) is 31.4 Å². The average Bonchev–Trinajstić information content (AvgIpc) is 3.49. The number of anilines is 2. The molecule has 1 saturated carbocycles. The van der Waals surface area contributed by atoms with E-state index >= 15 is 0 Å². The molecule has 5 rings (SSSR count). The summed E-state index contributed by atoms with van der Waals surface area (Å²) in [6.07, 6.45) is 6.64. The van der Waals surface area contributed by atoms with Gasteiger partial charge in [-0.05, 0) is 62.5 Å². The minimum atomic E-state index is -1.13. The number of urea groups is 1. The average molecular weight is 538 g/mol. The summed E-state index contributed by atoms with van der Waals surface area (Å²) >= 11 is 0. The fourth-order valence-electron chi connectivity index (χ4n) is 5.65. The Morgan fingerprint density at radius 2 is 1.90 bits per heavy atom. The molecule has 210 valence electrons. The van der Waals surface area contributed by atoms with Gasteiger partial charge >= 0.3 is 6.03 Å². The van der Waals surface area contributed by atoms with Gasteiger partial charge in [-0.3, -0.25) is 4.57 Å². The van der Waals surface area contributed by atoms with E-state index in [2.05, 4.69) is 32.7 Å². The van der Waals surface area contributed by atoms with Crippen LogP contribution in [0.5, 0.6) is 0 Å². The number of ether oxygens (including phenoxy) is 1. The van der Waals surface area contributed by atoms with Crippen LogP contribution in [0.3, 0.4) is 0 Å². The molecule has 11 nitrogen and oxygen atoms in total. The van der Waals surface area contributed by atoms with E-state index in [4.69, 9.17) is 10.5 Å². The number of hydrogen-bond donors (Lipinski definition) is 5. The van der Waals surface area contributed by atoms with Gasteiger partial charge in [-0.15, -0.1) is 0 Å². The molecule has 3 aromatic rings. The molecular weight excluding hydrogens is 498 g/mol. The third-order valence-electron chi connectivity index (χ3n) is 7.84. The van der Waals surface area contributed by atoms with E-state index in [0.717, 1.165) is 5.69 Å². The van der Waals surface area contributed by atoms with Crippen molar-refractivity contribution in [3.8, 4) is 0 Å². The number of carbonyl (C=O) groups is 1. The van der Waals surface area contributed by atoms with Gasteiger partial charge in [0, 0.05) is 25.0 Å². The molecule has 4 atom stereocenters. The number of hydrogen-bond acceptors (Lipinski definition) is 8. The van der Waals surface area contributed by atoms with Gasteiger partial charge in [-0.25, -0.2) is 14.8 Å². The molecular formula is C28H39N7O4. The zero-order chi connectivity index (χ0) is 27.4. The summed E-state index contributed by atoms with van der Waals surface area (Å²) in [6.45, 7) is 1.59. The number of benzene rings is 1. The monoisotopic (exact) mass is 537 g/mol. The van der Waals surface area contributed by atoms with Crippen molar-refractivity contribution in [3.05, 3.63) is 48.4 Å². The van der Waals surface area contributed by atoms with E-state index in [-0.39, 0.29) is 6.03 Å². The van der Waals surface area contributed by atoms with Crippen LogP contribution in [0.4, 0.5) is 16.2 Å². The predicted molar refractivity (Wildman–Crippen MR) is 149 cm³/mol. The molecule has 0 unspecified atom stereocenters. The Balaban J connectivity index is 1.04. The quantitative estimate of drug-likeness (QED) is 0.262. The Kier molecular flexibility index (Phi) is 8.61. The van der Waals surface area contributed by atoms with Gasteiger partial charge in [-0.2, -0.15) is 0 Å². The number of nitrogens with one attached hydrogen (secondary N) is 2. The van der Waals surface area contributed by atoms with E-state index in [9.17, 15) is 15.0 Å². The lowest BCUT2D eigenvalue weighted by Gasteiger charge is -2.23. The minimum Gasteiger partial charge on any atom is -0.397 e. The highest BCUT2D eigenvalue weighted by Crippen LogP contribution is 2.34. The van der Waals surface area contributed by atoms with Gasteiger partial charge in [0.1, 0.15) is 23.8 Å². The number of aromatic nitrogens is 3. The summed E-state index contributed by atoms with van der Waals surface area (Å²) < 4.78 is 7.63. The molecule has 2 aromatic heterocycles. The molecule has 0 bridgehead atoms. The van der Waals surface area contributed by atoms with Crippen LogP contribution in [0.2, 0.25) is 0 Å². The fourth-order valence-corrected chi connectivity index (χ4v) is 5.65. The first-order valence-corrected chi connectivity index (χ1v) is 13.8. The lowest BCUT2D eigenvalue weighted by Crippen LogP contribution is -2.39. The maximum atomic E-state index is 12.3. The van der Waals surface area contributed by atoms with Gasteiger partial charge < -0.3 is 36.2 Å². The largest absolute Gasteiger partial charge is 0.397 e. The fraction of sp³-hybridized carbons (Fsp3) is 0.536. The maximum absolute atomic E-state index is 12.3. The van der Waals surface area contributed by atoms with E-state index in [0.29, 0.717) is 48.8 Å². The molecule has 0 spiro atoms. The summed E-state index contributed by atoms with van der Waals surface area (Å²) in [5.41, 5.74) is 9.61. The number of amides is 2. The van der Waals surface area contributed by atoms with Crippen molar-refractivity contribution in [2.45, 2.75) is 69.0 Å². The van der Waals surface area contributed by atoms with Crippen molar-refractivity contribution in [1.29, 1.82) is 0 Å². The highest BCUT2D eigenvalue weighted by Gasteiger charge is 2.44. The summed E-state index contributed by atoms with van der Waals surface area (Å²) in [6, 6.07) is 9.63. The van der Waals surface area contributed by atoms with Crippen molar-refractivity contribution < 1.29 is 19.7 Å². The number of rotatable bonds is 9. The lowest BCUT2D eigenvalue weighted by atomic mass is 9.84. The number of imidazole rings is 1. The van der Waals surface area contributed by atoms with Gasteiger partial charge in [0.2, 0.25) is 0 Å². The zero-order valence-corrected chi connectivity index (χ0v) is 22.4. The number of pyridine rings is 1. The van der Waals surface area contributed by atoms with Crippen molar-refractivity contribution in [2.24, 2.45) is 0 Å². The van der Waals surface area contributed by atoms with Crippen LogP contribution in [-0.4, -0.2) is 80.7 Å². The summed E-state index contributed by atoms with van der Waals surface area (Å²) in [7, 11) is 1.92. The Bertz CT molecular complexity index is 1240. The molecule has 2 fully saturated rings. The molecule has 11 heteroatoms. The second kappa shape index (κ2) is 12.3. The van der Waals surface area contributed by atoms with Crippen molar-refractivity contribution in [1.82, 2.24) is 24.8 Å². The van der Waals surface area contributed by atoms with Crippen molar-refractivity contribution in [2.75, 3.05) is 37.7 Å². The highest BCUT2D eigenvalue weighted by atomic mass is 16.6. The van der Waals surface area contributed by atoms with Gasteiger partial charge in [0.15, 0.2) is 11.9 Å². The van der Waals surface area contributed by atoms with Crippen LogP contribution in [-0.2, 0) is 4.74 Å². The van der Waals surface area contributed by atoms with Crippen LogP contribution in [0.15, 0.2) is 42.9 Å². The number of aliphatic hydroxyl groups excluding tert-OH is 2. The Morgan fingerprint density at radius 1 is 1.13 bits per heavy atom. The summed E-state index contributed by atoms with van der Waals surface area (Å²) in [5.74, 6) is 0.644. The molecule has 1 aliphatic carbocycles. The van der Waals surface area contributed by atoms with Crippen LogP contribution in [0, 0.1) is 0 Å². The SMILES string of the molecule is CN(CCCNC(=O)Nc1ccc(C2CCCCC2)cc1)C[C@H]1O[C@@H](n2cnc3c(N)ccnc32)[C@H](O)[C@@H]1O. The second-order valence-corrected chi connectivity index (χ2v) is 10.7. The normalized spacial score (nSPS) is 23.9. The summed E-state index contributed by atoms with van der Waals surface area (Å²) in [4.78, 5) is 22.9.